The Balaban J connectivity index is 2.79. The van der Waals surface area contributed by atoms with Crippen LogP contribution in [0.5, 0.6) is 0 Å². The summed E-state index contributed by atoms with van der Waals surface area (Å²) in [7, 11) is 0. The summed E-state index contributed by atoms with van der Waals surface area (Å²) in [6.07, 6.45) is -0.968. The Hall–Kier alpha value is -1.49. The van der Waals surface area contributed by atoms with E-state index >= 15 is 0 Å². The summed E-state index contributed by atoms with van der Waals surface area (Å²) >= 11 is 8.37. The molecule has 12 heteroatoms. The van der Waals surface area contributed by atoms with Crippen molar-refractivity contribution in [3.63, 3.8) is 0 Å². The lowest BCUT2D eigenvalue weighted by atomic mass is 10.4. The number of nitrogens with zero attached hydrogens (tertiary/aromatic N) is 5. The summed E-state index contributed by atoms with van der Waals surface area (Å²) in [5.74, 6) is -0.785. The molecule has 0 aliphatic carbocycles. The van der Waals surface area contributed by atoms with E-state index in [-0.39, 0.29) is 17.2 Å². The van der Waals surface area contributed by atoms with E-state index in [2.05, 4.69) is 30.9 Å². The molecule has 0 saturated heterocycles. The van der Waals surface area contributed by atoms with Gasteiger partial charge in [-0.2, -0.15) is 4.68 Å². The molecule has 0 saturated carbocycles. The molecule has 1 aromatic heterocycles. The van der Waals surface area contributed by atoms with Crippen LogP contribution in [0.15, 0.2) is 4.73 Å². The Morgan fingerprint density at radius 2 is 2.18 bits per heavy atom. The number of alkyl halides is 1. The van der Waals surface area contributed by atoms with Gasteiger partial charge in [0, 0.05) is 21.0 Å². The molecule has 0 aliphatic rings. The van der Waals surface area contributed by atoms with E-state index < -0.39 is 22.1 Å². The monoisotopic (exact) mass is 329 g/mol. The van der Waals surface area contributed by atoms with Crippen molar-refractivity contribution in [3.8, 4) is 0 Å². The third kappa shape index (κ3) is 3.78. The van der Waals surface area contributed by atoms with E-state index in [9.17, 15) is 20.2 Å². The van der Waals surface area contributed by atoms with Crippen LogP contribution in [-0.4, -0.2) is 36.8 Å². The smallest absolute Gasteiger partial charge is 0.390 e. The molecule has 0 fully saturated rings. The van der Waals surface area contributed by atoms with Gasteiger partial charge in [0.05, 0.1) is 12.4 Å². The fourth-order valence-electron chi connectivity index (χ4n) is 0.930. The molecule has 0 spiro atoms. The van der Waals surface area contributed by atoms with Gasteiger partial charge in [0.15, 0.2) is 0 Å². The Kier molecular flexibility index (Phi) is 4.57. The van der Waals surface area contributed by atoms with Crippen molar-refractivity contribution in [1.82, 2.24) is 14.8 Å². The van der Waals surface area contributed by atoms with Crippen molar-refractivity contribution in [1.29, 1.82) is 0 Å². The van der Waals surface area contributed by atoms with Crippen molar-refractivity contribution in [3.05, 3.63) is 25.0 Å². The van der Waals surface area contributed by atoms with Crippen LogP contribution in [0.3, 0.4) is 0 Å². The van der Waals surface area contributed by atoms with Crippen molar-refractivity contribution in [2.24, 2.45) is 0 Å². The number of halogens is 2. The summed E-state index contributed by atoms with van der Waals surface area (Å²) < 4.78 is 1.11. The average molecular weight is 330 g/mol. The first-order valence-electron chi connectivity index (χ1n) is 4.06. The first-order chi connectivity index (χ1) is 7.93. The third-order valence-corrected chi connectivity index (χ3v) is 2.49. The van der Waals surface area contributed by atoms with Crippen molar-refractivity contribution in [2.75, 3.05) is 5.88 Å². The first kappa shape index (κ1) is 13.6. The second-order valence-electron chi connectivity index (χ2n) is 2.73. The maximum atomic E-state index is 10.4. The first-order valence-corrected chi connectivity index (χ1v) is 5.38. The molecule has 1 rings (SSSR count). The minimum atomic E-state index is -0.994. The summed E-state index contributed by atoms with van der Waals surface area (Å²) in [6, 6.07) is 0. The van der Waals surface area contributed by atoms with Crippen LogP contribution < -0.4 is 0 Å². The summed E-state index contributed by atoms with van der Waals surface area (Å²) in [5.41, 5.74) is 0. The van der Waals surface area contributed by atoms with Crippen LogP contribution in [0.25, 0.3) is 0 Å². The molecule has 0 aromatic carbocycles. The molecule has 0 bridgehead atoms. The van der Waals surface area contributed by atoms with E-state index in [0.29, 0.717) is 0 Å². The topological polar surface area (TPSA) is 126 Å². The Morgan fingerprint density at radius 1 is 1.53 bits per heavy atom. The lowest BCUT2D eigenvalue weighted by Crippen LogP contribution is -2.25. The van der Waals surface area contributed by atoms with Crippen LogP contribution in [0, 0.1) is 20.2 Å². The van der Waals surface area contributed by atoms with Crippen molar-refractivity contribution < 1.29 is 14.8 Å². The Morgan fingerprint density at radius 3 is 2.59 bits per heavy atom. The number of nitro groups is 1. The summed E-state index contributed by atoms with van der Waals surface area (Å²) in [4.78, 5) is 27.4. The van der Waals surface area contributed by atoms with Gasteiger partial charge in [0.1, 0.15) is 6.10 Å². The lowest BCUT2D eigenvalue weighted by Gasteiger charge is -2.09. The quantitative estimate of drug-likeness (QED) is 0.428. The predicted octanol–water partition coefficient (Wildman–Crippen LogP) is 0.764. The molecule has 17 heavy (non-hydrogen) atoms. The van der Waals surface area contributed by atoms with Crippen molar-refractivity contribution >= 4 is 33.5 Å². The molecule has 0 radical (unpaired) electrons. The molecule has 0 N–H and O–H groups in total. The van der Waals surface area contributed by atoms with Gasteiger partial charge in [0.25, 0.3) is 9.82 Å². The highest BCUT2D eigenvalue weighted by Crippen LogP contribution is 2.13. The standard InChI is InChI=1S/C5H5BrClN5O5/c6-4-8-5(11(13)14)9-10(4)2-3(1-7)17-12(15)16/h3H,1-2H2. The molecule has 1 atom stereocenters. The van der Waals surface area contributed by atoms with Crippen LogP contribution in [-0.2, 0) is 11.4 Å². The van der Waals surface area contributed by atoms with Gasteiger partial charge in [0.2, 0.25) is 0 Å². The summed E-state index contributed by atoms with van der Waals surface area (Å²) in [6.45, 7) is -0.133. The Bertz CT molecular complexity index is 438. The zero-order valence-electron chi connectivity index (χ0n) is 8.02. The zero-order chi connectivity index (χ0) is 13.0. The molecule has 1 heterocycles. The average Bonchev–Trinajstić information content (AvgIpc) is 2.59. The van der Waals surface area contributed by atoms with Gasteiger partial charge in [-0.25, -0.2) is 0 Å². The largest absolute Gasteiger partial charge is 0.492 e. The highest BCUT2D eigenvalue weighted by atomic mass is 79.9. The molecule has 0 aliphatic heterocycles. The highest BCUT2D eigenvalue weighted by Gasteiger charge is 2.23. The maximum Gasteiger partial charge on any atom is 0.492 e. The van der Waals surface area contributed by atoms with E-state index in [4.69, 9.17) is 11.6 Å². The number of hydrogen-bond acceptors (Lipinski definition) is 7. The van der Waals surface area contributed by atoms with Gasteiger partial charge in [-0.1, -0.05) is 0 Å². The van der Waals surface area contributed by atoms with Crippen molar-refractivity contribution in [2.45, 2.75) is 12.6 Å². The van der Waals surface area contributed by atoms with Crippen LogP contribution in [0.1, 0.15) is 0 Å². The van der Waals surface area contributed by atoms with Gasteiger partial charge < -0.3 is 15.0 Å². The maximum absolute atomic E-state index is 10.4. The minimum absolute atomic E-state index is 0.0614. The van der Waals surface area contributed by atoms with Gasteiger partial charge in [-0.15, -0.1) is 21.7 Å². The molecule has 1 unspecified atom stereocenters. The second-order valence-corrected chi connectivity index (χ2v) is 3.74. The molecular formula is C5H5BrClN5O5. The fourth-order valence-corrected chi connectivity index (χ4v) is 1.47. The molecule has 10 nitrogen and oxygen atoms in total. The van der Waals surface area contributed by atoms with Gasteiger partial charge >= 0.3 is 5.95 Å². The normalized spacial score (nSPS) is 12.1. The fraction of sp³-hybridized carbons (Fsp3) is 0.600. The number of aromatic nitrogens is 3. The number of hydrogen-bond donors (Lipinski definition) is 0. The van der Waals surface area contributed by atoms with Gasteiger partial charge in [-0.05, 0) is 9.91 Å². The second kappa shape index (κ2) is 5.72. The van der Waals surface area contributed by atoms with E-state index in [1.807, 2.05) is 0 Å². The number of rotatable bonds is 6. The Labute approximate surface area is 107 Å². The summed E-state index contributed by atoms with van der Waals surface area (Å²) in [5, 5.41) is 23.0. The van der Waals surface area contributed by atoms with Crippen LogP contribution in [0.2, 0.25) is 0 Å². The lowest BCUT2D eigenvalue weighted by molar-refractivity contribution is -0.767. The molecule has 94 valence electrons. The third-order valence-electron chi connectivity index (χ3n) is 1.56. The highest BCUT2D eigenvalue weighted by molar-refractivity contribution is 9.10. The molecule has 1 aromatic rings. The SMILES string of the molecule is O=[N+]([O-])OC(CCl)Cn1nc([N+](=O)[O-])nc1Br. The van der Waals surface area contributed by atoms with E-state index in [1.54, 1.807) is 0 Å². The zero-order valence-corrected chi connectivity index (χ0v) is 10.4. The van der Waals surface area contributed by atoms with E-state index in [0.717, 1.165) is 4.68 Å². The molecule has 0 amide bonds. The molecular weight excluding hydrogens is 325 g/mol. The van der Waals surface area contributed by atoms with Gasteiger partial charge in [-0.3, -0.25) is 0 Å². The predicted molar refractivity (Wildman–Crippen MR) is 57.0 cm³/mol. The van der Waals surface area contributed by atoms with E-state index in [1.165, 1.54) is 0 Å². The van der Waals surface area contributed by atoms with Crippen LogP contribution >= 0.6 is 27.5 Å². The minimum Gasteiger partial charge on any atom is -0.390 e. The van der Waals surface area contributed by atoms with Crippen LogP contribution in [0.4, 0.5) is 5.95 Å².